The minimum atomic E-state index is -0.738. The number of nitrogens with one attached hydrogen (secondary N) is 1. The van der Waals surface area contributed by atoms with Gasteiger partial charge in [0.05, 0.1) is 21.6 Å². The lowest BCUT2D eigenvalue weighted by molar-refractivity contribution is -0.387. The van der Waals surface area contributed by atoms with E-state index in [9.17, 15) is 19.7 Å². The van der Waals surface area contributed by atoms with E-state index in [1.165, 1.54) is 12.1 Å². The van der Waals surface area contributed by atoms with Crippen LogP contribution in [0.4, 0.5) is 5.69 Å². The molecule has 0 aliphatic rings. The van der Waals surface area contributed by atoms with E-state index in [1.54, 1.807) is 0 Å². The molecule has 1 atom stereocenters. The lowest BCUT2D eigenvalue weighted by Crippen LogP contribution is -2.29. The number of primary amides is 1. The first-order valence-electron chi connectivity index (χ1n) is 8.47. The molecule has 0 heterocycles. The van der Waals surface area contributed by atoms with Gasteiger partial charge in [-0.15, -0.1) is 11.8 Å². The van der Waals surface area contributed by atoms with Crippen LogP contribution < -0.4 is 11.1 Å². The zero-order chi connectivity index (χ0) is 19.8. The van der Waals surface area contributed by atoms with Gasteiger partial charge in [0, 0.05) is 11.6 Å². The molecule has 0 saturated heterocycles. The molecule has 7 nitrogen and oxygen atoms in total. The predicted octanol–water partition coefficient (Wildman–Crippen LogP) is 3.44. The molecule has 0 aromatic heterocycles. The van der Waals surface area contributed by atoms with Gasteiger partial charge in [0.15, 0.2) is 0 Å². The number of benzene rings is 2. The second-order valence-electron chi connectivity index (χ2n) is 5.91. The van der Waals surface area contributed by atoms with Gasteiger partial charge in [0.2, 0.25) is 11.8 Å². The molecule has 1 unspecified atom stereocenters. The maximum atomic E-state index is 12.4. The van der Waals surface area contributed by atoms with Crippen molar-refractivity contribution in [3.8, 4) is 0 Å². The fraction of sp³-hybridized carbons (Fsp3) is 0.263. The molecule has 142 valence electrons. The van der Waals surface area contributed by atoms with Crippen LogP contribution >= 0.6 is 11.8 Å². The van der Waals surface area contributed by atoms with Gasteiger partial charge >= 0.3 is 0 Å². The molecular weight excluding hydrogens is 366 g/mol. The summed E-state index contributed by atoms with van der Waals surface area (Å²) in [7, 11) is 0. The van der Waals surface area contributed by atoms with Crippen LogP contribution in [0.3, 0.4) is 0 Å². The Bertz CT molecular complexity index is 827. The van der Waals surface area contributed by atoms with Crippen molar-refractivity contribution < 1.29 is 14.5 Å². The third kappa shape index (κ3) is 5.82. The van der Waals surface area contributed by atoms with E-state index in [2.05, 4.69) is 5.32 Å². The number of nitrogens with zero attached hydrogens (tertiary/aromatic N) is 1. The van der Waals surface area contributed by atoms with Gasteiger partial charge in [-0.2, -0.15) is 0 Å². The Morgan fingerprint density at radius 3 is 2.52 bits per heavy atom. The molecule has 27 heavy (non-hydrogen) atoms. The molecule has 8 heteroatoms. The number of hydrogen-bond donors (Lipinski definition) is 2. The van der Waals surface area contributed by atoms with E-state index in [0.29, 0.717) is 4.90 Å². The van der Waals surface area contributed by atoms with Crippen molar-refractivity contribution in [3.05, 3.63) is 69.8 Å². The van der Waals surface area contributed by atoms with Crippen LogP contribution in [0.1, 0.15) is 41.7 Å². The molecule has 0 aliphatic carbocycles. The average molecular weight is 387 g/mol. The van der Waals surface area contributed by atoms with Crippen LogP contribution in [0.15, 0.2) is 53.4 Å². The summed E-state index contributed by atoms with van der Waals surface area (Å²) < 4.78 is 0. The summed E-state index contributed by atoms with van der Waals surface area (Å²) in [5.74, 6) is -0.919. The summed E-state index contributed by atoms with van der Waals surface area (Å²) in [6, 6.07) is 13.6. The van der Waals surface area contributed by atoms with E-state index in [4.69, 9.17) is 5.73 Å². The van der Waals surface area contributed by atoms with Gasteiger partial charge in [-0.3, -0.25) is 19.7 Å². The summed E-state index contributed by atoms with van der Waals surface area (Å²) in [5.41, 5.74) is 6.00. The van der Waals surface area contributed by atoms with Crippen molar-refractivity contribution in [2.75, 3.05) is 5.75 Å². The first-order valence-corrected chi connectivity index (χ1v) is 9.46. The Hall–Kier alpha value is -2.87. The number of nitrogens with two attached hydrogens (primary N) is 1. The van der Waals surface area contributed by atoms with E-state index in [0.717, 1.165) is 36.2 Å². The number of hydrogen-bond acceptors (Lipinski definition) is 5. The van der Waals surface area contributed by atoms with Crippen molar-refractivity contribution in [2.24, 2.45) is 5.73 Å². The Labute approximate surface area is 161 Å². The quantitative estimate of drug-likeness (QED) is 0.388. The highest BCUT2D eigenvalue weighted by Gasteiger charge is 2.19. The van der Waals surface area contributed by atoms with Gasteiger partial charge < -0.3 is 11.1 Å². The zero-order valence-electron chi connectivity index (χ0n) is 14.9. The molecule has 0 spiro atoms. The van der Waals surface area contributed by atoms with Crippen molar-refractivity contribution in [3.63, 3.8) is 0 Å². The third-order valence-corrected chi connectivity index (χ3v) is 4.98. The SMILES string of the molecule is CCCC(NC(=O)CSc1ccc(C(N)=O)cc1[N+](=O)[O-])c1ccccc1. The Morgan fingerprint density at radius 2 is 1.93 bits per heavy atom. The van der Waals surface area contributed by atoms with Gasteiger partial charge in [0.25, 0.3) is 5.69 Å². The van der Waals surface area contributed by atoms with Gasteiger partial charge in [0.1, 0.15) is 0 Å². The van der Waals surface area contributed by atoms with Crippen molar-refractivity contribution in [1.82, 2.24) is 5.32 Å². The van der Waals surface area contributed by atoms with Crippen LogP contribution in [0.25, 0.3) is 0 Å². The van der Waals surface area contributed by atoms with Crippen LogP contribution in [0.2, 0.25) is 0 Å². The molecule has 0 radical (unpaired) electrons. The van der Waals surface area contributed by atoms with Crippen LogP contribution in [-0.2, 0) is 4.79 Å². The van der Waals surface area contributed by atoms with Crippen molar-refractivity contribution in [2.45, 2.75) is 30.7 Å². The fourth-order valence-electron chi connectivity index (χ4n) is 2.61. The molecular formula is C19H21N3O4S. The van der Waals surface area contributed by atoms with Gasteiger partial charge in [-0.1, -0.05) is 43.7 Å². The summed E-state index contributed by atoms with van der Waals surface area (Å²) in [6.07, 6.45) is 1.71. The van der Waals surface area contributed by atoms with E-state index >= 15 is 0 Å². The number of amides is 2. The number of rotatable bonds is 9. The summed E-state index contributed by atoms with van der Waals surface area (Å²) in [6.45, 7) is 2.04. The lowest BCUT2D eigenvalue weighted by Gasteiger charge is -2.18. The van der Waals surface area contributed by atoms with Crippen molar-refractivity contribution in [1.29, 1.82) is 0 Å². The first-order chi connectivity index (χ1) is 12.9. The fourth-order valence-corrected chi connectivity index (χ4v) is 3.43. The second kappa shape index (κ2) is 9.72. The van der Waals surface area contributed by atoms with Crippen LogP contribution in [-0.4, -0.2) is 22.5 Å². The predicted molar refractivity (Wildman–Crippen MR) is 105 cm³/mol. The molecule has 2 rings (SSSR count). The Balaban J connectivity index is 2.06. The van der Waals surface area contributed by atoms with Crippen LogP contribution in [0.5, 0.6) is 0 Å². The van der Waals surface area contributed by atoms with Crippen molar-refractivity contribution >= 4 is 29.3 Å². The molecule has 3 N–H and O–H groups in total. The maximum Gasteiger partial charge on any atom is 0.283 e. The van der Waals surface area contributed by atoms with E-state index in [-0.39, 0.29) is 29.0 Å². The lowest BCUT2D eigenvalue weighted by atomic mass is 10.0. The summed E-state index contributed by atoms with van der Waals surface area (Å²) >= 11 is 1.05. The highest BCUT2D eigenvalue weighted by Crippen LogP contribution is 2.30. The Kier molecular flexibility index (Phi) is 7.36. The number of carbonyl (C=O) groups excluding carboxylic acids is 2. The topological polar surface area (TPSA) is 115 Å². The van der Waals surface area contributed by atoms with Gasteiger partial charge in [-0.05, 0) is 24.1 Å². The molecule has 0 bridgehead atoms. The third-order valence-electron chi connectivity index (χ3n) is 3.91. The summed E-state index contributed by atoms with van der Waals surface area (Å²) in [4.78, 5) is 34.5. The largest absolute Gasteiger partial charge is 0.366 e. The number of carbonyl (C=O) groups is 2. The average Bonchev–Trinajstić information content (AvgIpc) is 2.66. The zero-order valence-corrected chi connectivity index (χ0v) is 15.7. The molecule has 2 aromatic carbocycles. The highest BCUT2D eigenvalue weighted by atomic mass is 32.2. The van der Waals surface area contributed by atoms with Gasteiger partial charge in [-0.25, -0.2) is 0 Å². The monoisotopic (exact) mass is 387 g/mol. The second-order valence-corrected chi connectivity index (χ2v) is 6.93. The molecule has 2 amide bonds. The normalized spacial score (nSPS) is 11.6. The molecule has 2 aromatic rings. The highest BCUT2D eigenvalue weighted by molar-refractivity contribution is 8.00. The molecule has 0 aliphatic heterocycles. The smallest absolute Gasteiger partial charge is 0.283 e. The van der Waals surface area contributed by atoms with E-state index < -0.39 is 10.8 Å². The first kappa shape index (κ1) is 20.4. The number of thioether (sulfide) groups is 1. The standard InChI is InChI=1S/C19H21N3O4S/c1-2-6-15(13-7-4-3-5-8-13)21-18(23)12-27-17-10-9-14(19(20)24)11-16(17)22(25)26/h3-5,7-11,15H,2,6,12H2,1H3,(H2,20,24)(H,21,23). The molecule has 0 saturated carbocycles. The maximum absolute atomic E-state index is 12.4. The minimum absolute atomic E-state index is 0.0316. The minimum Gasteiger partial charge on any atom is -0.366 e. The van der Waals surface area contributed by atoms with Crippen LogP contribution in [0, 0.1) is 10.1 Å². The Morgan fingerprint density at radius 1 is 1.22 bits per heavy atom. The summed E-state index contributed by atoms with van der Waals surface area (Å²) in [5, 5.41) is 14.2. The molecule has 0 fully saturated rings. The number of nitro benzene ring substituents is 1. The number of nitro groups is 1. The van der Waals surface area contributed by atoms with E-state index in [1.807, 2.05) is 37.3 Å².